The fourth-order valence-corrected chi connectivity index (χ4v) is 4.58. The second kappa shape index (κ2) is 11.4. The lowest BCUT2D eigenvalue weighted by molar-refractivity contribution is -0.122. The highest BCUT2D eigenvalue weighted by Crippen LogP contribution is 2.36. The number of rotatable bonds is 7. The fraction of sp³-hybridized carbons (Fsp3) is 0.148. The summed E-state index contributed by atoms with van der Waals surface area (Å²) in [4.78, 5) is 39.4. The maximum Gasteiger partial charge on any atom is 0.335 e. The standard InChI is InChI=1S/C27H21BrCl2N2O5/c1-3-36-23-11-17(20(28)13-24(23)37-14-16-8-9-18(29)12-21(16)30)10-19-25(33)31-27(35)32(26(19)34)22-7-5-4-6-15(22)2/h4-13H,3,14H2,1-2H3,(H,31,33,35)/b19-10+. The Kier molecular flexibility index (Phi) is 8.22. The predicted molar refractivity (Wildman–Crippen MR) is 146 cm³/mol. The van der Waals surface area contributed by atoms with E-state index in [1.807, 2.05) is 6.92 Å². The Morgan fingerprint density at radius 1 is 1.00 bits per heavy atom. The van der Waals surface area contributed by atoms with Crippen molar-refractivity contribution >= 4 is 68.7 Å². The van der Waals surface area contributed by atoms with Gasteiger partial charge in [0.2, 0.25) is 0 Å². The van der Waals surface area contributed by atoms with Crippen LogP contribution in [0.1, 0.15) is 23.6 Å². The van der Waals surface area contributed by atoms with E-state index in [0.717, 1.165) is 10.5 Å². The number of urea groups is 1. The number of carbonyl (C=O) groups is 3. The molecule has 0 radical (unpaired) electrons. The third-order valence-corrected chi connectivity index (χ3v) is 6.79. The molecule has 1 heterocycles. The summed E-state index contributed by atoms with van der Waals surface area (Å²) in [6.07, 6.45) is 1.40. The minimum atomic E-state index is -0.805. The van der Waals surface area contributed by atoms with Gasteiger partial charge >= 0.3 is 6.03 Å². The van der Waals surface area contributed by atoms with Crippen molar-refractivity contribution in [2.45, 2.75) is 20.5 Å². The summed E-state index contributed by atoms with van der Waals surface area (Å²) in [5.74, 6) is -0.691. The van der Waals surface area contributed by atoms with Crippen LogP contribution in [0.2, 0.25) is 10.0 Å². The van der Waals surface area contributed by atoms with Gasteiger partial charge in [-0.2, -0.15) is 0 Å². The van der Waals surface area contributed by atoms with E-state index in [2.05, 4.69) is 21.2 Å². The molecule has 0 bridgehead atoms. The van der Waals surface area contributed by atoms with Crippen molar-refractivity contribution in [2.75, 3.05) is 11.5 Å². The Morgan fingerprint density at radius 3 is 2.43 bits per heavy atom. The Labute approximate surface area is 232 Å². The van der Waals surface area contributed by atoms with E-state index in [1.54, 1.807) is 61.5 Å². The van der Waals surface area contributed by atoms with Crippen LogP contribution in [0.25, 0.3) is 6.08 Å². The van der Waals surface area contributed by atoms with E-state index in [4.69, 9.17) is 32.7 Å². The number of hydrogen-bond acceptors (Lipinski definition) is 5. The quantitative estimate of drug-likeness (QED) is 0.240. The molecule has 0 aliphatic carbocycles. The number of aryl methyl sites for hydroxylation is 1. The second-order valence-electron chi connectivity index (χ2n) is 8.02. The number of nitrogens with one attached hydrogen (secondary N) is 1. The molecule has 4 rings (SSSR count). The molecule has 10 heteroatoms. The van der Waals surface area contributed by atoms with Crippen molar-refractivity contribution in [3.63, 3.8) is 0 Å². The van der Waals surface area contributed by atoms with Crippen molar-refractivity contribution < 1.29 is 23.9 Å². The van der Waals surface area contributed by atoms with E-state index in [9.17, 15) is 14.4 Å². The van der Waals surface area contributed by atoms with Gasteiger partial charge in [-0.3, -0.25) is 14.9 Å². The molecule has 0 unspecified atom stereocenters. The van der Waals surface area contributed by atoms with Crippen LogP contribution in [-0.4, -0.2) is 24.5 Å². The highest BCUT2D eigenvalue weighted by atomic mass is 79.9. The summed E-state index contributed by atoms with van der Waals surface area (Å²) in [5, 5.41) is 3.23. The summed E-state index contributed by atoms with van der Waals surface area (Å²) < 4.78 is 12.3. The van der Waals surface area contributed by atoms with Crippen molar-refractivity contribution in [1.82, 2.24) is 5.32 Å². The van der Waals surface area contributed by atoms with E-state index in [1.165, 1.54) is 6.08 Å². The van der Waals surface area contributed by atoms with Crippen LogP contribution < -0.4 is 19.7 Å². The molecule has 7 nitrogen and oxygen atoms in total. The minimum Gasteiger partial charge on any atom is -0.490 e. The van der Waals surface area contributed by atoms with Gasteiger partial charge in [0.15, 0.2) is 11.5 Å². The largest absolute Gasteiger partial charge is 0.490 e. The normalized spacial score (nSPS) is 14.7. The number of amides is 4. The van der Waals surface area contributed by atoms with Crippen LogP contribution in [0.15, 0.2) is 64.6 Å². The molecule has 0 spiro atoms. The van der Waals surface area contributed by atoms with Gasteiger partial charge in [0.1, 0.15) is 12.2 Å². The highest BCUT2D eigenvalue weighted by molar-refractivity contribution is 9.10. The van der Waals surface area contributed by atoms with E-state index in [-0.39, 0.29) is 12.2 Å². The molecule has 1 fully saturated rings. The molecule has 3 aromatic carbocycles. The molecule has 1 N–H and O–H groups in total. The van der Waals surface area contributed by atoms with Gasteiger partial charge in [-0.1, -0.05) is 63.4 Å². The van der Waals surface area contributed by atoms with Gasteiger partial charge < -0.3 is 9.47 Å². The van der Waals surface area contributed by atoms with Crippen LogP contribution in [0.3, 0.4) is 0 Å². The number of hydrogen-bond donors (Lipinski definition) is 1. The molecule has 37 heavy (non-hydrogen) atoms. The van der Waals surface area contributed by atoms with Gasteiger partial charge in [0.05, 0.1) is 12.3 Å². The second-order valence-corrected chi connectivity index (χ2v) is 9.72. The number of nitrogens with zero attached hydrogens (tertiary/aromatic N) is 1. The predicted octanol–water partition coefficient (Wildman–Crippen LogP) is 6.71. The smallest absolute Gasteiger partial charge is 0.335 e. The number of halogens is 3. The summed E-state index contributed by atoms with van der Waals surface area (Å²) >= 11 is 15.7. The first-order valence-electron chi connectivity index (χ1n) is 11.2. The molecule has 1 saturated heterocycles. The molecular formula is C27H21BrCl2N2O5. The zero-order valence-electron chi connectivity index (χ0n) is 19.8. The monoisotopic (exact) mass is 602 g/mol. The Hall–Kier alpha value is -3.33. The lowest BCUT2D eigenvalue weighted by Crippen LogP contribution is -2.54. The number of benzene rings is 3. The average molecular weight is 604 g/mol. The molecule has 190 valence electrons. The average Bonchev–Trinajstić information content (AvgIpc) is 2.84. The molecule has 0 atom stereocenters. The van der Waals surface area contributed by atoms with Crippen LogP contribution in [0.5, 0.6) is 11.5 Å². The zero-order valence-corrected chi connectivity index (χ0v) is 22.9. The molecule has 1 aliphatic rings. The van der Waals surface area contributed by atoms with Crippen molar-refractivity contribution in [3.05, 3.63) is 91.4 Å². The van der Waals surface area contributed by atoms with Crippen LogP contribution in [0.4, 0.5) is 10.5 Å². The lowest BCUT2D eigenvalue weighted by Gasteiger charge is -2.27. The van der Waals surface area contributed by atoms with Crippen LogP contribution >= 0.6 is 39.1 Å². The molecule has 4 amide bonds. The lowest BCUT2D eigenvalue weighted by atomic mass is 10.1. The maximum atomic E-state index is 13.3. The maximum absolute atomic E-state index is 13.3. The van der Waals surface area contributed by atoms with Crippen LogP contribution in [-0.2, 0) is 16.2 Å². The summed E-state index contributed by atoms with van der Waals surface area (Å²) in [6.45, 7) is 4.11. The first kappa shape index (κ1) is 26.7. The van der Waals surface area contributed by atoms with Crippen molar-refractivity contribution in [2.24, 2.45) is 0 Å². The zero-order chi connectivity index (χ0) is 26.7. The van der Waals surface area contributed by atoms with Gasteiger partial charge in [-0.25, -0.2) is 9.69 Å². The summed E-state index contributed by atoms with van der Waals surface area (Å²) in [6, 6.07) is 14.6. The Balaban J connectivity index is 1.67. The summed E-state index contributed by atoms with van der Waals surface area (Å²) in [5.41, 5.74) is 2.12. The topological polar surface area (TPSA) is 84.9 Å². The third kappa shape index (κ3) is 5.82. The number of carbonyl (C=O) groups excluding carboxylic acids is 3. The number of ether oxygens (including phenoxy) is 2. The van der Waals surface area contributed by atoms with E-state index in [0.29, 0.717) is 49.4 Å². The number of anilines is 1. The molecule has 3 aromatic rings. The Bertz CT molecular complexity index is 1440. The minimum absolute atomic E-state index is 0.164. The van der Waals surface area contributed by atoms with Gasteiger partial charge in [0.25, 0.3) is 11.8 Å². The number of para-hydroxylation sites is 1. The molecule has 0 saturated carbocycles. The van der Waals surface area contributed by atoms with Gasteiger partial charge in [0, 0.05) is 20.1 Å². The Morgan fingerprint density at radius 2 is 1.73 bits per heavy atom. The van der Waals surface area contributed by atoms with E-state index >= 15 is 0 Å². The van der Waals surface area contributed by atoms with Gasteiger partial charge in [-0.15, -0.1) is 0 Å². The van der Waals surface area contributed by atoms with Crippen LogP contribution in [0, 0.1) is 6.92 Å². The molecule has 1 aliphatic heterocycles. The van der Waals surface area contributed by atoms with Gasteiger partial charge in [-0.05, 0) is 61.4 Å². The summed E-state index contributed by atoms with van der Waals surface area (Å²) in [7, 11) is 0. The highest BCUT2D eigenvalue weighted by Gasteiger charge is 2.37. The first-order valence-corrected chi connectivity index (χ1v) is 12.7. The van der Waals surface area contributed by atoms with E-state index < -0.39 is 17.8 Å². The molecule has 0 aromatic heterocycles. The third-order valence-electron chi connectivity index (χ3n) is 5.52. The van der Waals surface area contributed by atoms with Crippen molar-refractivity contribution in [1.29, 1.82) is 0 Å². The first-order chi connectivity index (χ1) is 17.7. The fourth-order valence-electron chi connectivity index (χ4n) is 3.68. The number of imide groups is 2. The van der Waals surface area contributed by atoms with Crippen molar-refractivity contribution in [3.8, 4) is 11.5 Å². The number of barbiturate groups is 1. The SMILES string of the molecule is CCOc1cc(/C=C2\C(=O)NC(=O)N(c3ccccc3C)C2=O)c(Br)cc1OCc1ccc(Cl)cc1Cl. The molecular weight excluding hydrogens is 583 g/mol.